The zero-order chi connectivity index (χ0) is 23.8. The maximum Gasteiger partial charge on any atom is 0.290 e. The summed E-state index contributed by atoms with van der Waals surface area (Å²) in [5.74, 6) is 0.388. The van der Waals surface area contributed by atoms with Crippen LogP contribution in [0.3, 0.4) is 0 Å². The lowest BCUT2D eigenvalue weighted by Crippen LogP contribution is -2.36. The summed E-state index contributed by atoms with van der Waals surface area (Å²) < 4.78 is 1.86. The monoisotopic (exact) mass is 446 g/mol. The predicted octanol–water partition coefficient (Wildman–Crippen LogP) is 2.83. The zero-order valence-electron chi connectivity index (χ0n) is 18.4. The van der Waals surface area contributed by atoms with Gasteiger partial charge in [0.05, 0.1) is 12.2 Å². The number of carbonyl (C=O) groups excluding carboxylic acids is 1. The van der Waals surface area contributed by atoms with E-state index in [0.29, 0.717) is 38.0 Å². The Balaban J connectivity index is 0.000000968. The van der Waals surface area contributed by atoms with E-state index in [0.717, 1.165) is 34.4 Å². The van der Waals surface area contributed by atoms with Crippen molar-refractivity contribution in [3.63, 3.8) is 0 Å². The number of anilines is 1. The van der Waals surface area contributed by atoms with Crippen molar-refractivity contribution in [2.45, 2.75) is 39.3 Å². The number of nitrogens with zero attached hydrogens (tertiary/aromatic N) is 5. The number of pyridine rings is 1. The molecule has 2 aromatic heterocycles. The number of aromatic nitrogens is 3. The van der Waals surface area contributed by atoms with Crippen LogP contribution in [0.5, 0.6) is 0 Å². The van der Waals surface area contributed by atoms with Gasteiger partial charge in [0.15, 0.2) is 0 Å². The van der Waals surface area contributed by atoms with Crippen LogP contribution >= 0.6 is 0 Å². The standard InChI is InChI=1S/C23H24N6O.CH2O2/c1-2-4-21(30)28-12-9-20-19(15-28)22(18(13-24)23(25)27-20)17-7-5-16(6-8-17)14-29-11-3-10-26-29;2-1-3/h3,5-8,10-11H,2,4,9,12,14-15H2,1H3,(H2,25,27);1H,(H,2,3). The van der Waals surface area contributed by atoms with Gasteiger partial charge in [0.1, 0.15) is 17.5 Å². The molecule has 3 heterocycles. The number of hydrogen-bond acceptors (Lipinski definition) is 6. The largest absolute Gasteiger partial charge is 0.483 e. The van der Waals surface area contributed by atoms with Crippen molar-refractivity contribution in [2.24, 2.45) is 0 Å². The third kappa shape index (κ3) is 5.36. The summed E-state index contributed by atoms with van der Waals surface area (Å²) in [7, 11) is 0. The summed E-state index contributed by atoms with van der Waals surface area (Å²) in [5.41, 5.74) is 11.1. The first-order chi connectivity index (χ1) is 16.0. The number of hydrogen-bond donors (Lipinski definition) is 2. The highest BCUT2D eigenvalue weighted by atomic mass is 16.3. The topological polar surface area (TPSA) is 138 Å². The number of fused-ring (bicyclic) bond motifs is 1. The third-order valence-electron chi connectivity index (χ3n) is 5.45. The number of nitrogen functional groups attached to an aromatic ring is 1. The molecular formula is C24H26N6O3. The first kappa shape index (κ1) is 23.5. The molecule has 0 saturated carbocycles. The van der Waals surface area contributed by atoms with Gasteiger partial charge in [-0.1, -0.05) is 31.2 Å². The molecule has 3 N–H and O–H groups in total. The lowest BCUT2D eigenvalue weighted by atomic mass is 9.90. The average molecular weight is 447 g/mol. The molecule has 1 amide bonds. The van der Waals surface area contributed by atoms with E-state index in [4.69, 9.17) is 15.6 Å². The average Bonchev–Trinajstić information content (AvgIpc) is 3.32. The van der Waals surface area contributed by atoms with Crippen LogP contribution in [0.4, 0.5) is 5.82 Å². The number of rotatable bonds is 5. The molecule has 3 aromatic rings. The number of carbonyl (C=O) groups is 2. The summed E-state index contributed by atoms with van der Waals surface area (Å²) in [4.78, 5) is 27.2. The number of nitriles is 1. The van der Waals surface area contributed by atoms with Crippen molar-refractivity contribution >= 4 is 18.2 Å². The van der Waals surface area contributed by atoms with Crippen molar-refractivity contribution in [3.8, 4) is 17.2 Å². The van der Waals surface area contributed by atoms with Crippen molar-refractivity contribution in [1.29, 1.82) is 5.26 Å². The SMILES string of the molecule is CCCC(=O)N1CCc2nc(N)c(C#N)c(-c3ccc(Cn4cccn4)cc3)c2C1.O=CO. The van der Waals surface area contributed by atoms with Crippen LogP contribution in [0.15, 0.2) is 42.7 Å². The van der Waals surface area contributed by atoms with E-state index in [-0.39, 0.29) is 18.2 Å². The third-order valence-corrected chi connectivity index (χ3v) is 5.45. The Morgan fingerprint density at radius 3 is 2.67 bits per heavy atom. The Hall–Kier alpha value is -4.19. The Labute approximate surface area is 192 Å². The molecule has 4 rings (SSSR count). The molecule has 1 aromatic carbocycles. The Bertz CT molecular complexity index is 1150. The number of benzene rings is 1. The molecule has 0 bridgehead atoms. The molecule has 0 aliphatic carbocycles. The first-order valence-electron chi connectivity index (χ1n) is 10.7. The van der Waals surface area contributed by atoms with E-state index >= 15 is 0 Å². The van der Waals surface area contributed by atoms with Gasteiger partial charge in [-0.05, 0) is 23.6 Å². The van der Waals surface area contributed by atoms with Gasteiger partial charge in [-0.25, -0.2) is 4.98 Å². The van der Waals surface area contributed by atoms with Crippen LogP contribution in [-0.4, -0.2) is 43.7 Å². The summed E-state index contributed by atoms with van der Waals surface area (Å²) in [5, 5.41) is 20.9. The number of carboxylic acid groups (broad SMARTS) is 1. The molecule has 0 saturated heterocycles. The molecule has 1 aliphatic rings. The Morgan fingerprint density at radius 2 is 2.06 bits per heavy atom. The first-order valence-corrected chi connectivity index (χ1v) is 10.7. The maximum atomic E-state index is 12.5. The molecule has 9 nitrogen and oxygen atoms in total. The predicted molar refractivity (Wildman–Crippen MR) is 123 cm³/mol. The molecule has 9 heteroatoms. The highest BCUT2D eigenvalue weighted by Crippen LogP contribution is 2.35. The van der Waals surface area contributed by atoms with Gasteiger partial charge < -0.3 is 15.7 Å². The van der Waals surface area contributed by atoms with Crippen LogP contribution < -0.4 is 5.73 Å². The van der Waals surface area contributed by atoms with Crippen LogP contribution in [0, 0.1) is 11.3 Å². The second kappa shape index (κ2) is 10.9. The van der Waals surface area contributed by atoms with E-state index in [1.54, 1.807) is 6.20 Å². The van der Waals surface area contributed by atoms with Crippen LogP contribution in [0.25, 0.3) is 11.1 Å². The van der Waals surface area contributed by atoms with E-state index < -0.39 is 0 Å². The van der Waals surface area contributed by atoms with E-state index in [9.17, 15) is 10.1 Å². The van der Waals surface area contributed by atoms with Crippen LogP contribution in [-0.2, 0) is 29.1 Å². The quantitative estimate of drug-likeness (QED) is 0.575. The van der Waals surface area contributed by atoms with E-state index in [2.05, 4.69) is 16.2 Å². The van der Waals surface area contributed by atoms with Gasteiger partial charge in [0, 0.05) is 49.5 Å². The van der Waals surface area contributed by atoms with Crippen molar-refractivity contribution < 1.29 is 14.7 Å². The number of nitrogens with two attached hydrogens (primary N) is 1. The molecular weight excluding hydrogens is 420 g/mol. The van der Waals surface area contributed by atoms with Crippen molar-refractivity contribution in [2.75, 3.05) is 12.3 Å². The molecule has 1 aliphatic heterocycles. The smallest absolute Gasteiger partial charge is 0.290 e. The summed E-state index contributed by atoms with van der Waals surface area (Å²) in [6.45, 7) is 3.52. The lowest BCUT2D eigenvalue weighted by molar-refractivity contribution is -0.132. The highest BCUT2D eigenvalue weighted by molar-refractivity contribution is 5.81. The second-order valence-corrected chi connectivity index (χ2v) is 7.61. The normalized spacial score (nSPS) is 12.2. The van der Waals surface area contributed by atoms with Crippen molar-refractivity contribution in [1.82, 2.24) is 19.7 Å². The Kier molecular flexibility index (Phi) is 7.76. The highest BCUT2D eigenvalue weighted by Gasteiger charge is 2.27. The summed E-state index contributed by atoms with van der Waals surface area (Å²) in [6.07, 6.45) is 5.66. The van der Waals surface area contributed by atoms with E-state index in [1.807, 2.05) is 53.0 Å². The van der Waals surface area contributed by atoms with Gasteiger partial charge in [-0.3, -0.25) is 14.3 Å². The minimum atomic E-state index is -0.250. The summed E-state index contributed by atoms with van der Waals surface area (Å²) >= 11 is 0. The molecule has 0 radical (unpaired) electrons. The van der Waals surface area contributed by atoms with Gasteiger partial charge in [-0.2, -0.15) is 10.4 Å². The van der Waals surface area contributed by atoms with Gasteiger partial charge in [0.2, 0.25) is 5.91 Å². The molecule has 170 valence electrons. The molecule has 0 fully saturated rings. The molecule has 0 unspecified atom stereocenters. The Morgan fingerprint density at radius 1 is 1.33 bits per heavy atom. The van der Waals surface area contributed by atoms with Gasteiger partial charge >= 0.3 is 0 Å². The summed E-state index contributed by atoms with van der Waals surface area (Å²) in [6, 6.07) is 12.2. The van der Waals surface area contributed by atoms with Crippen molar-refractivity contribution in [3.05, 3.63) is 65.1 Å². The fourth-order valence-corrected chi connectivity index (χ4v) is 3.95. The van der Waals surface area contributed by atoms with E-state index in [1.165, 1.54) is 0 Å². The van der Waals surface area contributed by atoms with Crippen LogP contribution in [0.1, 0.15) is 42.1 Å². The molecule has 33 heavy (non-hydrogen) atoms. The maximum absolute atomic E-state index is 12.5. The van der Waals surface area contributed by atoms with Gasteiger partial charge in [-0.15, -0.1) is 0 Å². The molecule has 0 spiro atoms. The number of amides is 1. The van der Waals surface area contributed by atoms with Gasteiger partial charge in [0.25, 0.3) is 6.47 Å². The zero-order valence-corrected chi connectivity index (χ0v) is 18.4. The lowest BCUT2D eigenvalue weighted by Gasteiger charge is -2.30. The minimum Gasteiger partial charge on any atom is -0.483 e. The minimum absolute atomic E-state index is 0.138. The molecule has 0 atom stereocenters. The fourth-order valence-electron chi connectivity index (χ4n) is 3.95. The second-order valence-electron chi connectivity index (χ2n) is 7.61. The van der Waals surface area contributed by atoms with Crippen LogP contribution in [0.2, 0.25) is 0 Å². The fraction of sp³-hybridized carbons (Fsp3) is 0.292.